The number of aldehydes is 1. The smallest absolute Gasteiger partial charge is 0.139 e. The van der Waals surface area contributed by atoms with Crippen LogP contribution in [0.1, 0.15) is 12.8 Å². The van der Waals surface area contributed by atoms with Crippen LogP contribution in [-0.4, -0.2) is 24.9 Å². The maximum atomic E-state index is 10.3. The molecule has 3 nitrogen and oxygen atoms in total. The topological polar surface area (TPSA) is 55.1 Å². The molecule has 0 aromatic carbocycles. The summed E-state index contributed by atoms with van der Waals surface area (Å²) in [5.41, 5.74) is 5.13. The zero-order valence-corrected chi connectivity index (χ0v) is 5.39. The Balaban J connectivity index is 2.46. The Morgan fingerprint density at radius 1 is 1.44 bits per heavy atom. The number of nitrogens with one attached hydrogen (secondary N) is 1. The van der Waals surface area contributed by atoms with Crippen molar-refractivity contribution < 1.29 is 4.79 Å². The molecule has 0 saturated carbocycles. The van der Waals surface area contributed by atoms with Crippen molar-refractivity contribution in [1.29, 1.82) is 0 Å². The fourth-order valence-electron chi connectivity index (χ4n) is 1.01. The largest absolute Gasteiger partial charge is 0.319 e. The van der Waals surface area contributed by atoms with Gasteiger partial charge >= 0.3 is 0 Å². The van der Waals surface area contributed by atoms with Crippen molar-refractivity contribution in [3.63, 3.8) is 0 Å². The van der Waals surface area contributed by atoms with Gasteiger partial charge in [-0.25, -0.2) is 0 Å². The minimum Gasteiger partial charge on any atom is -0.319 e. The molecule has 1 rings (SSSR count). The molecule has 1 aliphatic rings. The van der Waals surface area contributed by atoms with E-state index in [9.17, 15) is 4.79 Å². The summed E-state index contributed by atoms with van der Waals surface area (Å²) in [7, 11) is 0. The number of carbonyl (C=O) groups is 1. The Bertz CT molecular complexity index is 108. The molecule has 3 N–H and O–H groups in total. The van der Waals surface area contributed by atoms with Gasteiger partial charge in [-0.2, -0.15) is 0 Å². The third-order valence-corrected chi connectivity index (χ3v) is 1.77. The molecule has 3 heteroatoms. The number of nitrogens with two attached hydrogens (primary N) is 1. The van der Waals surface area contributed by atoms with Gasteiger partial charge < -0.3 is 15.8 Å². The summed E-state index contributed by atoms with van der Waals surface area (Å²) >= 11 is 0. The second-order valence-corrected chi connectivity index (χ2v) is 2.60. The maximum absolute atomic E-state index is 10.3. The third-order valence-electron chi connectivity index (χ3n) is 1.77. The zero-order valence-electron chi connectivity index (χ0n) is 5.39. The average molecular weight is 128 g/mol. The molecule has 0 aromatic heterocycles. The van der Waals surface area contributed by atoms with Gasteiger partial charge in [0.1, 0.15) is 6.29 Å². The van der Waals surface area contributed by atoms with Gasteiger partial charge in [0, 0.05) is 0 Å². The number of rotatable bonds is 1. The van der Waals surface area contributed by atoms with E-state index in [0.29, 0.717) is 0 Å². The van der Waals surface area contributed by atoms with Gasteiger partial charge in [-0.15, -0.1) is 0 Å². The molecular formula is C6H12N2O. The lowest BCUT2D eigenvalue weighted by Gasteiger charge is -2.27. The molecule has 0 bridgehead atoms. The normalized spacial score (nSPS) is 25.4. The summed E-state index contributed by atoms with van der Waals surface area (Å²) in [6.07, 6.45) is 2.42. The van der Waals surface area contributed by atoms with Gasteiger partial charge in [0.2, 0.25) is 0 Å². The molecular weight excluding hydrogens is 116 g/mol. The molecule has 9 heavy (non-hydrogen) atoms. The van der Waals surface area contributed by atoms with Crippen molar-refractivity contribution >= 4 is 6.29 Å². The van der Waals surface area contributed by atoms with E-state index in [4.69, 9.17) is 5.73 Å². The molecule has 0 aromatic rings. The molecule has 1 saturated heterocycles. The molecule has 1 heterocycles. The lowest BCUT2D eigenvalue weighted by molar-refractivity contribution is -0.113. The van der Waals surface area contributed by atoms with Gasteiger partial charge in [0.05, 0.1) is 5.54 Å². The lowest BCUT2D eigenvalue weighted by atomic mass is 9.92. The zero-order chi connectivity index (χ0) is 6.74. The standard InChI is InChI=1S/C6H12N2O/c7-6(5-9)1-3-8-4-2-6/h5,8H,1-4,7H2. The molecule has 1 aliphatic heterocycles. The highest BCUT2D eigenvalue weighted by molar-refractivity contribution is 5.63. The fraction of sp³-hybridized carbons (Fsp3) is 0.833. The monoisotopic (exact) mass is 128 g/mol. The van der Waals surface area contributed by atoms with Crippen LogP contribution >= 0.6 is 0 Å². The first-order valence-corrected chi connectivity index (χ1v) is 3.23. The van der Waals surface area contributed by atoms with Crippen molar-refractivity contribution in [2.24, 2.45) is 5.73 Å². The summed E-state index contributed by atoms with van der Waals surface area (Å²) in [4.78, 5) is 10.3. The predicted molar refractivity (Wildman–Crippen MR) is 35.1 cm³/mol. The summed E-state index contributed by atoms with van der Waals surface area (Å²) in [6.45, 7) is 1.74. The lowest BCUT2D eigenvalue weighted by Crippen LogP contribution is -2.50. The van der Waals surface area contributed by atoms with Gasteiger partial charge in [-0.05, 0) is 25.9 Å². The molecule has 0 amide bonds. The summed E-state index contributed by atoms with van der Waals surface area (Å²) < 4.78 is 0. The number of carbonyl (C=O) groups excluding carboxylic acids is 1. The Labute approximate surface area is 54.6 Å². The maximum Gasteiger partial charge on any atom is 0.139 e. The van der Waals surface area contributed by atoms with Crippen LogP contribution in [0.4, 0.5) is 0 Å². The minimum atomic E-state index is -0.523. The van der Waals surface area contributed by atoms with Gasteiger partial charge in [-0.3, -0.25) is 0 Å². The van der Waals surface area contributed by atoms with Crippen LogP contribution in [0, 0.1) is 0 Å². The first-order chi connectivity index (χ1) is 4.27. The number of piperidine rings is 1. The van der Waals surface area contributed by atoms with Gasteiger partial charge in [0.25, 0.3) is 0 Å². The van der Waals surface area contributed by atoms with Crippen LogP contribution in [0.2, 0.25) is 0 Å². The van der Waals surface area contributed by atoms with E-state index in [-0.39, 0.29) is 0 Å². The number of hydrogen-bond donors (Lipinski definition) is 2. The quantitative estimate of drug-likeness (QED) is 0.458. The van der Waals surface area contributed by atoms with E-state index in [1.54, 1.807) is 0 Å². The first kappa shape index (κ1) is 6.71. The Kier molecular flexibility index (Phi) is 1.83. The van der Waals surface area contributed by atoms with E-state index in [1.165, 1.54) is 0 Å². The highest BCUT2D eigenvalue weighted by Crippen LogP contribution is 2.10. The van der Waals surface area contributed by atoms with E-state index < -0.39 is 5.54 Å². The van der Waals surface area contributed by atoms with Crippen LogP contribution in [0.3, 0.4) is 0 Å². The second-order valence-electron chi connectivity index (χ2n) is 2.60. The van der Waals surface area contributed by atoms with E-state index in [1.807, 2.05) is 0 Å². The fourth-order valence-corrected chi connectivity index (χ4v) is 1.01. The Morgan fingerprint density at radius 3 is 2.33 bits per heavy atom. The van der Waals surface area contributed by atoms with E-state index in [0.717, 1.165) is 32.2 Å². The van der Waals surface area contributed by atoms with Crippen LogP contribution in [0.15, 0.2) is 0 Å². The van der Waals surface area contributed by atoms with Crippen LogP contribution in [0.5, 0.6) is 0 Å². The SMILES string of the molecule is NC1(C=O)CCNCC1. The van der Waals surface area contributed by atoms with Crippen molar-refractivity contribution in [2.75, 3.05) is 13.1 Å². The summed E-state index contributed by atoms with van der Waals surface area (Å²) in [6, 6.07) is 0. The minimum absolute atomic E-state index is 0.523. The molecule has 1 fully saturated rings. The molecule has 0 radical (unpaired) electrons. The second kappa shape index (κ2) is 2.45. The Morgan fingerprint density at radius 2 is 2.00 bits per heavy atom. The summed E-state index contributed by atoms with van der Waals surface area (Å²) in [5, 5.41) is 3.14. The highest BCUT2D eigenvalue weighted by Gasteiger charge is 2.25. The van der Waals surface area contributed by atoms with Gasteiger partial charge in [-0.1, -0.05) is 0 Å². The highest BCUT2D eigenvalue weighted by atomic mass is 16.1. The van der Waals surface area contributed by atoms with E-state index in [2.05, 4.69) is 5.32 Å². The van der Waals surface area contributed by atoms with Crippen molar-refractivity contribution in [1.82, 2.24) is 5.32 Å². The van der Waals surface area contributed by atoms with Crippen molar-refractivity contribution in [2.45, 2.75) is 18.4 Å². The molecule has 0 atom stereocenters. The molecule has 0 spiro atoms. The van der Waals surface area contributed by atoms with Crippen molar-refractivity contribution in [3.8, 4) is 0 Å². The third kappa shape index (κ3) is 1.50. The Hall–Kier alpha value is -0.410. The van der Waals surface area contributed by atoms with Crippen molar-refractivity contribution in [3.05, 3.63) is 0 Å². The van der Waals surface area contributed by atoms with Gasteiger partial charge in [0.15, 0.2) is 0 Å². The molecule has 52 valence electrons. The average Bonchev–Trinajstić information content (AvgIpc) is 1.90. The van der Waals surface area contributed by atoms with Crippen LogP contribution in [-0.2, 0) is 4.79 Å². The molecule has 0 unspecified atom stereocenters. The first-order valence-electron chi connectivity index (χ1n) is 3.23. The van der Waals surface area contributed by atoms with Crippen LogP contribution < -0.4 is 11.1 Å². The van der Waals surface area contributed by atoms with E-state index >= 15 is 0 Å². The molecule has 0 aliphatic carbocycles. The number of hydrogen-bond acceptors (Lipinski definition) is 3. The predicted octanol–water partition coefficient (Wildman–Crippen LogP) is -0.734. The van der Waals surface area contributed by atoms with Crippen LogP contribution in [0.25, 0.3) is 0 Å². The summed E-state index contributed by atoms with van der Waals surface area (Å²) in [5.74, 6) is 0.